The highest BCUT2D eigenvalue weighted by Crippen LogP contribution is 2.43. The van der Waals surface area contributed by atoms with Gasteiger partial charge in [0.2, 0.25) is 0 Å². The molecule has 6 heteroatoms. The molecule has 2 aromatic carbocycles. The largest absolute Gasteiger partial charge is 0.405 e. The predicted octanol–water partition coefficient (Wildman–Crippen LogP) is 4.81. The molecule has 0 saturated carbocycles. The summed E-state index contributed by atoms with van der Waals surface area (Å²) in [6, 6.07) is 21.5. The molecule has 0 spiro atoms. The van der Waals surface area contributed by atoms with Crippen LogP contribution < -0.4 is 10.4 Å². The summed E-state index contributed by atoms with van der Waals surface area (Å²) in [5.74, 6) is -0.369. The molecule has 0 N–H and O–H groups in total. The Bertz CT molecular complexity index is 875. The van der Waals surface area contributed by atoms with Crippen LogP contribution in [0.4, 0.5) is 0 Å². The van der Waals surface area contributed by atoms with Gasteiger partial charge in [0.05, 0.1) is 12.7 Å². The number of ether oxygens (including phenoxy) is 3. The van der Waals surface area contributed by atoms with E-state index < -0.39 is 14.1 Å². The molecule has 2 unspecified atom stereocenters. The van der Waals surface area contributed by atoms with Crippen molar-refractivity contribution in [3.05, 3.63) is 60.7 Å². The van der Waals surface area contributed by atoms with Crippen LogP contribution in [0.25, 0.3) is 0 Å². The first kappa shape index (κ1) is 25.0. The van der Waals surface area contributed by atoms with E-state index in [4.69, 9.17) is 18.6 Å². The van der Waals surface area contributed by atoms with Gasteiger partial charge in [0.15, 0.2) is 5.79 Å². The fourth-order valence-corrected chi connectivity index (χ4v) is 10.8. The van der Waals surface area contributed by atoms with Crippen LogP contribution in [0.2, 0.25) is 5.04 Å². The Labute approximate surface area is 204 Å². The third-order valence-corrected chi connectivity index (χ3v) is 12.9. The molecule has 0 aliphatic carbocycles. The second kappa shape index (κ2) is 9.48. The molecule has 0 bridgehead atoms. The van der Waals surface area contributed by atoms with Gasteiger partial charge in [0.25, 0.3) is 8.32 Å². The van der Waals surface area contributed by atoms with Crippen LogP contribution in [0.3, 0.4) is 0 Å². The van der Waals surface area contributed by atoms with Crippen LogP contribution in [0.5, 0.6) is 0 Å². The summed E-state index contributed by atoms with van der Waals surface area (Å²) < 4.78 is 26.5. The molecule has 2 saturated heterocycles. The molecule has 4 nitrogen and oxygen atoms in total. The van der Waals surface area contributed by atoms with Gasteiger partial charge in [0.1, 0.15) is 17.6 Å². The minimum Gasteiger partial charge on any atom is -0.405 e. The quantitative estimate of drug-likeness (QED) is 0.548. The van der Waals surface area contributed by atoms with Crippen molar-refractivity contribution in [3.8, 4) is 0 Å². The van der Waals surface area contributed by atoms with Gasteiger partial charge in [0, 0.05) is 5.92 Å². The maximum atomic E-state index is 7.18. The van der Waals surface area contributed by atoms with Gasteiger partial charge < -0.3 is 18.6 Å². The molecule has 0 aromatic heterocycles. The number of benzene rings is 2. The fourth-order valence-electron chi connectivity index (χ4n) is 5.41. The molecule has 0 amide bonds. The molecule has 5 atom stereocenters. The summed E-state index contributed by atoms with van der Waals surface area (Å²) in [5, 5.41) is 2.46. The van der Waals surface area contributed by atoms with E-state index in [1.807, 2.05) is 13.8 Å². The van der Waals surface area contributed by atoms with E-state index in [9.17, 15) is 0 Å². The Hall–Kier alpha value is -1.15. The highest BCUT2D eigenvalue weighted by Gasteiger charge is 2.55. The maximum Gasteiger partial charge on any atom is 0.261 e. The monoisotopic (exact) mass is 486 g/mol. The molecule has 2 aromatic rings. The van der Waals surface area contributed by atoms with E-state index in [0.29, 0.717) is 6.61 Å². The van der Waals surface area contributed by atoms with Crippen molar-refractivity contribution in [3.63, 3.8) is 0 Å². The third kappa shape index (κ3) is 4.71. The Kier molecular flexibility index (Phi) is 7.17. The van der Waals surface area contributed by atoms with Crippen molar-refractivity contribution in [2.24, 2.45) is 5.92 Å². The summed E-state index contributed by atoms with van der Waals surface area (Å²) in [4.78, 5) is 0. The van der Waals surface area contributed by atoms with Crippen LogP contribution in [-0.4, -0.2) is 50.7 Å². The van der Waals surface area contributed by atoms with Gasteiger partial charge in [-0.2, -0.15) is 0 Å². The van der Waals surface area contributed by atoms with E-state index in [1.165, 1.54) is 10.4 Å². The fraction of sp³-hybridized carbons (Fsp3) is 0.556. The lowest BCUT2D eigenvalue weighted by molar-refractivity contribution is -0.158. The topological polar surface area (TPSA) is 36.9 Å². The van der Waals surface area contributed by atoms with E-state index in [0.717, 1.165) is 0 Å². The average Bonchev–Trinajstić information content (AvgIpc) is 3.12. The number of rotatable bonds is 6. The molecular formula is C27H38O4SSi. The minimum absolute atomic E-state index is 0.000969. The lowest BCUT2D eigenvalue weighted by atomic mass is 9.94. The minimum atomic E-state index is -2.65. The highest BCUT2D eigenvalue weighted by molar-refractivity contribution is 7.99. The lowest BCUT2D eigenvalue weighted by Gasteiger charge is -2.46. The van der Waals surface area contributed by atoms with Gasteiger partial charge in [-0.1, -0.05) is 88.4 Å². The molecule has 33 heavy (non-hydrogen) atoms. The van der Waals surface area contributed by atoms with Crippen molar-refractivity contribution in [2.45, 2.75) is 76.1 Å². The average molecular weight is 487 g/mol. The number of thioether (sulfide) groups is 1. The smallest absolute Gasteiger partial charge is 0.261 e. The Morgan fingerprint density at radius 1 is 0.909 bits per heavy atom. The standard InChI is InChI=1S/C27H38O4SSi/c1-19-23-24(31-27(5,6)30-23)22(29-25(19)32-7)18-28-33(26(2,3)4,20-14-10-8-11-15-20)21-16-12-9-13-17-21/h8-17,19,22-25H,18H2,1-7H3/t19-,22?,23+,24-,25?/m0/s1. The maximum absolute atomic E-state index is 7.18. The molecule has 180 valence electrons. The molecule has 0 radical (unpaired) electrons. The number of hydrogen-bond donors (Lipinski definition) is 0. The molecule has 2 aliphatic heterocycles. The summed E-state index contributed by atoms with van der Waals surface area (Å²) in [6.07, 6.45) is 1.77. The van der Waals surface area contributed by atoms with Gasteiger partial charge in [-0.3, -0.25) is 0 Å². The Balaban J connectivity index is 1.71. The lowest BCUT2D eigenvalue weighted by Crippen LogP contribution is -2.67. The predicted molar refractivity (Wildman–Crippen MR) is 139 cm³/mol. The van der Waals surface area contributed by atoms with E-state index in [-0.39, 0.29) is 34.7 Å². The van der Waals surface area contributed by atoms with Crippen LogP contribution in [0.15, 0.2) is 60.7 Å². The van der Waals surface area contributed by atoms with Gasteiger partial charge in [-0.15, -0.1) is 11.8 Å². The second-order valence-corrected chi connectivity index (χ2v) is 15.9. The van der Waals surface area contributed by atoms with E-state index >= 15 is 0 Å². The Morgan fingerprint density at radius 3 is 1.91 bits per heavy atom. The summed E-state index contributed by atoms with van der Waals surface area (Å²) in [7, 11) is -2.65. The second-order valence-electron chi connectivity index (χ2n) is 10.7. The number of fused-ring (bicyclic) bond motifs is 1. The third-order valence-electron chi connectivity index (χ3n) is 6.90. The van der Waals surface area contributed by atoms with Crippen molar-refractivity contribution >= 4 is 30.5 Å². The summed E-state index contributed by atoms with van der Waals surface area (Å²) in [5.41, 5.74) is 0.0523. The van der Waals surface area contributed by atoms with Crippen molar-refractivity contribution in [1.82, 2.24) is 0 Å². The van der Waals surface area contributed by atoms with Crippen molar-refractivity contribution < 1.29 is 18.6 Å². The first-order chi connectivity index (χ1) is 15.6. The zero-order chi connectivity index (χ0) is 23.9. The van der Waals surface area contributed by atoms with Gasteiger partial charge in [-0.05, 0) is 35.5 Å². The molecule has 2 heterocycles. The zero-order valence-corrected chi connectivity index (χ0v) is 22.7. The van der Waals surface area contributed by atoms with Gasteiger partial charge >= 0.3 is 0 Å². The molecular weight excluding hydrogens is 448 g/mol. The first-order valence-electron chi connectivity index (χ1n) is 11.9. The highest BCUT2D eigenvalue weighted by atomic mass is 32.2. The molecule has 4 rings (SSSR count). The summed E-state index contributed by atoms with van der Waals surface area (Å²) >= 11 is 1.74. The first-order valence-corrected chi connectivity index (χ1v) is 15.1. The van der Waals surface area contributed by atoms with E-state index in [1.54, 1.807) is 11.8 Å². The van der Waals surface area contributed by atoms with Crippen LogP contribution >= 0.6 is 11.8 Å². The van der Waals surface area contributed by atoms with Crippen molar-refractivity contribution in [1.29, 1.82) is 0 Å². The Morgan fingerprint density at radius 2 is 1.42 bits per heavy atom. The van der Waals surface area contributed by atoms with Gasteiger partial charge in [-0.25, -0.2) is 0 Å². The molecule has 2 aliphatic rings. The van der Waals surface area contributed by atoms with E-state index in [2.05, 4.69) is 94.6 Å². The van der Waals surface area contributed by atoms with Crippen molar-refractivity contribution in [2.75, 3.05) is 12.9 Å². The normalized spacial score (nSPS) is 29.6. The van der Waals surface area contributed by atoms with Crippen LogP contribution in [0.1, 0.15) is 41.5 Å². The summed E-state index contributed by atoms with van der Waals surface area (Å²) in [6.45, 7) is 13.6. The van der Waals surface area contributed by atoms with Crippen LogP contribution in [0, 0.1) is 5.92 Å². The zero-order valence-electron chi connectivity index (χ0n) is 20.9. The number of hydrogen-bond acceptors (Lipinski definition) is 5. The van der Waals surface area contributed by atoms with Crippen LogP contribution in [-0.2, 0) is 18.6 Å². The SMILES string of the molecule is CSC1OC(CO[Si](c2ccccc2)(c2ccccc2)C(C)(C)C)[C@@H]2OC(C)(C)O[C@@H]2[C@@H]1C. The molecule has 2 fully saturated rings.